The first kappa shape index (κ1) is 13.8. The van der Waals surface area contributed by atoms with Crippen molar-refractivity contribution in [1.29, 1.82) is 0 Å². The van der Waals surface area contributed by atoms with Crippen LogP contribution >= 0.6 is 0 Å². The number of nitrogens with two attached hydrogens (primary N) is 1. The van der Waals surface area contributed by atoms with Crippen molar-refractivity contribution in [3.05, 3.63) is 40.6 Å². The SMILES string of the molecule is NCC1CCCCN1c1ccnc2c([N+](=O)[O-])cccc12. The Hall–Kier alpha value is -2.21. The van der Waals surface area contributed by atoms with Crippen molar-refractivity contribution < 1.29 is 4.92 Å². The molecule has 0 spiro atoms. The van der Waals surface area contributed by atoms with Gasteiger partial charge in [0.2, 0.25) is 0 Å². The summed E-state index contributed by atoms with van der Waals surface area (Å²) in [5.41, 5.74) is 7.38. The number of benzene rings is 1. The van der Waals surface area contributed by atoms with Crippen LogP contribution < -0.4 is 10.6 Å². The maximum atomic E-state index is 11.2. The lowest BCUT2D eigenvalue weighted by Crippen LogP contribution is -2.44. The number of nitrogens with zero attached hydrogens (tertiary/aromatic N) is 3. The fraction of sp³-hybridized carbons (Fsp3) is 0.400. The molecule has 0 saturated carbocycles. The van der Waals surface area contributed by atoms with Crippen molar-refractivity contribution in [3.8, 4) is 0 Å². The zero-order chi connectivity index (χ0) is 14.8. The lowest BCUT2D eigenvalue weighted by Gasteiger charge is -2.37. The van der Waals surface area contributed by atoms with Crippen LogP contribution in [0.3, 0.4) is 0 Å². The number of nitro benzene ring substituents is 1. The van der Waals surface area contributed by atoms with Crippen LogP contribution in [0.15, 0.2) is 30.5 Å². The summed E-state index contributed by atoms with van der Waals surface area (Å²) in [5, 5.41) is 12.0. The molecule has 21 heavy (non-hydrogen) atoms. The normalized spacial score (nSPS) is 18.9. The van der Waals surface area contributed by atoms with Gasteiger partial charge in [-0.3, -0.25) is 10.1 Å². The van der Waals surface area contributed by atoms with Crippen molar-refractivity contribution in [3.63, 3.8) is 0 Å². The number of pyridine rings is 1. The number of piperidine rings is 1. The van der Waals surface area contributed by atoms with Gasteiger partial charge in [0.25, 0.3) is 5.69 Å². The van der Waals surface area contributed by atoms with Gasteiger partial charge in [-0.25, -0.2) is 4.98 Å². The Morgan fingerprint density at radius 1 is 1.38 bits per heavy atom. The fourth-order valence-corrected chi connectivity index (χ4v) is 3.11. The minimum atomic E-state index is -0.379. The average molecular weight is 286 g/mol. The Bertz CT molecular complexity index is 674. The average Bonchev–Trinajstić information content (AvgIpc) is 2.53. The second-order valence-electron chi connectivity index (χ2n) is 5.34. The van der Waals surface area contributed by atoms with E-state index in [0.29, 0.717) is 18.1 Å². The highest BCUT2D eigenvalue weighted by Gasteiger charge is 2.24. The molecule has 1 aliphatic rings. The van der Waals surface area contributed by atoms with E-state index in [1.165, 1.54) is 12.5 Å². The topological polar surface area (TPSA) is 85.3 Å². The Labute approximate surface area is 122 Å². The molecule has 0 bridgehead atoms. The molecule has 1 aromatic heterocycles. The van der Waals surface area contributed by atoms with Gasteiger partial charge in [-0.15, -0.1) is 0 Å². The van der Waals surface area contributed by atoms with E-state index < -0.39 is 0 Å². The van der Waals surface area contributed by atoms with Gasteiger partial charge in [-0.05, 0) is 25.3 Å². The molecule has 1 unspecified atom stereocenters. The first-order chi connectivity index (χ1) is 10.2. The fourth-order valence-electron chi connectivity index (χ4n) is 3.11. The zero-order valence-electron chi connectivity index (χ0n) is 11.7. The smallest absolute Gasteiger partial charge is 0.295 e. The number of fused-ring (bicyclic) bond motifs is 1. The molecule has 2 aromatic rings. The predicted molar refractivity (Wildman–Crippen MR) is 82.4 cm³/mol. The molecule has 0 aliphatic carbocycles. The van der Waals surface area contributed by atoms with Crippen LogP contribution in [0.1, 0.15) is 19.3 Å². The van der Waals surface area contributed by atoms with E-state index in [2.05, 4.69) is 9.88 Å². The molecule has 2 heterocycles. The lowest BCUT2D eigenvalue weighted by molar-refractivity contribution is -0.383. The van der Waals surface area contributed by atoms with Crippen LogP contribution in [0.25, 0.3) is 10.9 Å². The van der Waals surface area contributed by atoms with Gasteiger partial charge < -0.3 is 10.6 Å². The maximum Gasteiger partial charge on any atom is 0.295 e. The van der Waals surface area contributed by atoms with Gasteiger partial charge in [0.05, 0.1) is 4.92 Å². The van der Waals surface area contributed by atoms with E-state index in [-0.39, 0.29) is 10.6 Å². The van der Waals surface area contributed by atoms with Crippen molar-refractivity contribution in [2.45, 2.75) is 25.3 Å². The molecule has 6 nitrogen and oxygen atoms in total. The van der Waals surface area contributed by atoms with E-state index in [1.807, 2.05) is 12.1 Å². The molecule has 110 valence electrons. The standard InChI is InChI=1S/C15H18N4O2/c16-10-11-4-1-2-9-18(11)13-7-8-17-15-12(13)5-3-6-14(15)19(20)21/h3,5-8,11H,1-2,4,9-10,16H2. The van der Waals surface area contributed by atoms with Gasteiger partial charge in [0.1, 0.15) is 5.52 Å². The second-order valence-corrected chi connectivity index (χ2v) is 5.34. The summed E-state index contributed by atoms with van der Waals surface area (Å²) in [6, 6.07) is 7.33. The first-order valence-corrected chi connectivity index (χ1v) is 7.21. The second kappa shape index (κ2) is 5.65. The van der Waals surface area contributed by atoms with E-state index in [1.54, 1.807) is 12.3 Å². The summed E-state index contributed by atoms with van der Waals surface area (Å²) in [4.78, 5) is 17.3. The highest BCUT2D eigenvalue weighted by atomic mass is 16.6. The molecule has 1 fully saturated rings. The molecule has 0 amide bonds. The van der Waals surface area contributed by atoms with Gasteiger partial charge in [0.15, 0.2) is 0 Å². The largest absolute Gasteiger partial charge is 0.367 e. The van der Waals surface area contributed by atoms with E-state index in [4.69, 9.17) is 5.73 Å². The third-order valence-electron chi connectivity index (χ3n) is 4.13. The van der Waals surface area contributed by atoms with Crippen LogP contribution in [0.4, 0.5) is 11.4 Å². The number of aromatic nitrogens is 1. The molecular formula is C15H18N4O2. The summed E-state index contributed by atoms with van der Waals surface area (Å²) in [6.07, 6.45) is 5.01. The number of non-ortho nitro benzene ring substituents is 1. The number of nitro groups is 1. The molecule has 1 atom stereocenters. The number of hydrogen-bond acceptors (Lipinski definition) is 5. The summed E-state index contributed by atoms with van der Waals surface area (Å²) < 4.78 is 0. The van der Waals surface area contributed by atoms with Crippen molar-refractivity contribution in [2.24, 2.45) is 5.73 Å². The van der Waals surface area contributed by atoms with Crippen LogP contribution in [0.5, 0.6) is 0 Å². The quantitative estimate of drug-likeness (QED) is 0.692. The van der Waals surface area contributed by atoms with E-state index >= 15 is 0 Å². The molecule has 2 N–H and O–H groups in total. The highest BCUT2D eigenvalue weighted by Crippen LogP contribution is 2.33. The van der Waals surface area contributed by atoms with Crippen molar-refractivity contribution in [1.82, 2.24) is 4.98 Å². The first-order valence-electron chi connectivity index (χ1n) is 7.21. The molecule has 1 aromatic carbocycles. The number of anilines is 1. The van der Waals surface area contributed by atoms with Gasteiger partial charge in [-0.1, -0.05) is 12.1 Å². The van der Waals surface area contributed by atoms with Gasteiger partial charge in [-0.2, -0.15) is 0 Å². The zero-order valence-corrected chi connectivity index (χ0v) is 11.7. The number of rotatable bonds is 3. The number of hydrogen-bond donors (Lipinski definition) is 1. The minimum absolute atomic E-state index is 0.0515. The maximum absolute atomic E-state index is 11.2. The van der Waals surface area contributed by atoms with Crippen molar-refractivity contribution in [2.75, 3.05) is 18.0 Å². The Morgan fingerprint density at radius 2 is 2.24 bits per heavy atom. The Kier molecular flexibility index (Phi) is 3.70. The predicted octanol–water partition coefficient (Wildman–Crippen LogP) is 2.46. The van der Waals surface area contributed by atoms with Crippen LogP contribution in [-0.4, -0.2) is 29.0 Å². The molecule has 1 aliphatic heterocycles. The van der Waals surface area contributed by atoms with Gasteiger partial charge >= 0.3 is 0 Å². The van der Waals surface area contributed by atoms with Crippen LogP contribution in [0.2, 0.25) is 0 Å². The van der Waals surface area contributed by atoms with Crippen LogP contribution in [-0.2, 0) is 0 Å². The lowest BCUT2D eigenvalue weighted by atomic mass is 10.00. The van der Waals surface area contributed by atoms with E-state index in [0.717, 1.165) is 30.5 Å². The molecule has 6 heteroatoms. The van der Waals surface area contributed by atoms with E-state index in [9.17, 15) is 10.1 Å². The highest BCUT2D eigenvalue weighted by molar-refractivity contribution is 5.96. The number of para-hydroxylation sites is 1. The van der Waals surface area contributed by atoms with Gasteiger partial charge in [0, 0.05) is 42.5 Å². The molecule has 3 rings (SSSR count). The monoisotopic (exact) mass is 286 g/mol. The summed E-state index contributed by atoms with van der Waals surface area (Å²) in [5.74, 6) is 0. The molecule has 1 saturated heterocycles. The third-order valence-corrected chi connectivity index (χ3v) is 4.13. The van der Waals surface area contributed by atoms with Crippen molar-refractivity contribution >= 4 is 22.3 Å². The summed E-state index contributed by atoms with van der Waals surface area (Å²) >= 11 is 0. The molecule has 0 radical (unpaired) electrons. The Morgan fingerprint density at radius 3 is 3.00 bits per heavy atom. The molecular weight excluding hydrogens is 268 g/mol. The minimum Gasteiger partial charge on any atom is -0.367 e. The van der Waals surface area contributed by atoms with Crippen LogP contribution in [0, 0.1) is 10.1 Å². The summed E-state index contributed by atoms with van der Waals surface area (Å²) in [6.45, 7) is 1.53. The third kappa shape index (κ3) is 2.42. The summed E-state index contributed by atoms with van der Waals surface area (Å²) in [7, 11) is 0. The Balaban J connectivity index is 2.14.